The Bertz CT molecular complexity index is 817. The molecule has 1 aromatic heterocycles. The molecule has 0 saturated carbocycles. The molecule has 5 heteroatoms. The number of aliphatic hydroxyl groups is 1. The van der Waals surface area contributed by atoms with Crippen molar-refractivity contribution in [1.29, 1.82) is 0 Å². The van der Waals surface area contributed by atoms with E-state index in [-0.39, 0.29) is 12.4 Å². The van der Waals surface area contributed by atoms with E-state index in [1.165, 1.54) is 12.1 Å². The van der Waals surface area contributed by atoms with Crippen LogP contribution in [0.15, 0.2) is 71.1 Å². The number of ether oxygens (including phenoxy) is 1. The van der Waals surface area contributed by atoms with E-state index in [9.17, 15) is 9.50 Å². The van der Waals surface area contributed by atoms with E-state index in [0.717, 1.165) is 22.8 Å². The van der Waals surface area contributed by atoms with Gasteiger partial charge in [0.25, 0.3) is 0 Å². The lowest BCUT2D eigenvalue weighted by Crippen LogP contribution is -2.35. The summed E-state index contributed by atoms with van der Waals surface area (Å²) < 4.78 is 24.5. The summed E-state index contributed by atoms with van der Waals surface area (Å²) in [5.74, 6) is 2.14. The minimum absolute atomic E-state index is 0.196. The fourth-order valence-corrected chi connectivity index (χ4v) is 2.88. The Kier molecular flexibility index (Phi) is 6.63. The predicted molar refractivity (Wildman–Crippen MR) is 102 cm³/mol. The maximum atomic E-state index is 13.2. The molecule has 3 aromatic rings. The molecule has 1 heterocycles. The summed E-state index contributed by atoms with van der Waals surface area (Å²) >= 11 is 0. The standard InChI is InChI=1S/C22H24FNO3/c1-17-7-12-22(27-17)15-24(13-18-8-10-19(23)11-9-18)14-20(25)16-26-21-5-3-2-4-6-21/h2-12,20,25H,13-16H2,1H3. The first-order valence-corrected chi connectivity index (χ1v) is 8.96. The number of nitrogens with zero attached hydrogens (tertiary/aromatic N) is 1. The third-order valence-corrected chi connectivity index (χ3v) is 4.15. The molecule has 0 aliphatic heterocycles. The van der Waals surface area contributed by atoms with E-state index in [0.29, 0.717) is 19.6 Å². The first-order chi connectivity index (χ1) is 13.1. The number of benzene rings is 2. The first kappa shape index (κ1) is 19.1. The van der Waals surface area contributed by atoms with Crippen LogP contribution in [-0.4, -0.2) is 29.3 Å². The Morgan fingerprint density at radius 2 is 1.74 bits per heavy atom. The van der Waals surface area contributed by atoms with Crippen molar-refractivity contribution in [3.63, 3.8) is 0 Å². The second-order valence-electron chi connectivity index (χ2n) is 6.59. The van der Waals surface area contributed by atoms with Gasteiger partial charge in [-0.15, -0.1) is 0 Å². The van der Waals surface area contributed by atoms with Crippen LogP contribution in [0.4, 0.5) is 4.39 Å². The summed E-state index contributed by atoms with van der Waals surface area (Å²) in [5, 5.41) is 10.4. The molecular formula is C22H24FNO3. The van der Waals surface area contributed by atoms with Gasteiger partial charge in [0.1, 0.15) is 35.8 Å². The van der Waals surface area contributed by atoms with E-state index in [4.69, 9.17) is 9.15 Å². The summed E-state index contributed by atoms with van der Waals surface area (Å²) in [6, 6.07) is 19.6. The number of halogens is 1. The van der Waals surface area contributed by atoms with Gasteiger partial charge in [0.05, 0.1) is 6.54 Å². The molecule has 1 unspecified atom stereocenters. The number of aliphatic hydroxyl groups excluding tert-OH is 1. The Morgan fingerprint density at radius 1 is 1.00 bits per heavy atom. The van der Waals surface area contributed by atoms with Crippen LogP contribution in [0, 0.1) is 12.7 Å². The van der Waals surface area contributed by atoms with Gasteiger partial charge in [0, 0.05) is 13.1 Å². The largest absolute Gasteiger partial charge is 0.491 e. The normalized spacial score (nSPS) is 12.3. The molecule has 2 aromatic carbocycles. The fourth-order valence-electron chi connectivity index (χ4n) is 2.88. The van der Waals surface area contributed by atoms with Crippen LogP contribution >= 0.6 is 0 Å². The lowest BCUT2D eigenvalue weighted by Gasteiger charge is -2.24. The van der Waals surface area contributed by atoms with Crippen LogP contribution in [0.3, 0.4) is 0 Å². The maximum absolute atomic E-state index is 13.2. The van der Waals surface area contributed by atoms with Crippen molar-refractivity contribution in [1.82, 2.24) is 4.90 Å². The summed E-state index contributed by atoms with van der Waals surface area (Å²) in [4.78, 5) is 2.06. The number of rotatable bonds is 9. The van der Waals surface area contributed by atoms with E-state index in [1.54, 1.807) is 12.1 Å². The van der Waals surface area contributed by atoms with Crippen molar-refractivity contribution in [3.05, 3.63) is 89.6 Å². The SMILES string of the molecule is Cc1ccc(CN(Cc2ccc(F)cc2)CC(O)COc2ccccc2)o1. The van der Waals surface area contributed by atoms with Gasteiger partial charge in [0.15, 0.2) is 0 Å². The van der Waals surface area contributed by atoms with Crippen LogP contribution in [0.25, 0.3) is 0 Å². The number of para-hydroxylation sites is 1. The van der Waals surface area contributed by atoms with Crippen LogP contribution in [0.5, 0.6) is 5.75 Å². The zero-order valence-electron chi connectivity index (χ0n) is 15.3. The van der Waals surface area contributed by atoms with Crippen molar-refractivity contribution in [2.24, 2.45) is 0 Å². The molecule has 0 spiro atoms. The van der Waals surface area contributed by atoms with Crippen LogP contribution in [0.2, 0.25) is 0 Å². The summed E-state index contributed by atoms with van der Waals surface area (Å²) in [7, 11) is 0. The molecule has 4 nitrogen and oxygen atoms in total. The molecule has 27 heavy (non-hydrogen) atoms. The van der Waals surface area contributed by atoms with E-state index in [2.05, 4.69) is 4.90 Å². The highest BCUT2D eigenvalue weighted by atomic mass is 19.1. The zero-order chi connectivity index (χ0) is 19.1. The quantitative estimate of drug-likeness (QED) is 0.615. The van der Waals surface area contributed by atoms with Gasteiger partial charge in [-0.2, -0.15) is 0 Å². The second kappa shape index (κ2) is 9.35. The molecule has 0 bridgehead atoms. The van der Waals surface area contributed by atoms with Crippen LogP contribution in [0.1, 0.15) is 17.1 Å². The molecule has 1 atom stereocenters. The number of aryl methyl sites for hydroxylation is 1. The van der Waals surface area contributed by atoms with E-state index < -0.39 is 6.10 Å². The maximum Gasteiger partial charge on any atom is 0.123 e. The van der Waals surface area contributed by atoms with Gasteiger partial charge in [0.2, 0.25) is 0 Å². The molecule has 0 radical (unpaired) electrons. The second-order valence-corrected chi connectivity index (χ2v) is 6.59. The average Bonchev–Trinajstić information content (AvgIpc) is 3.07. The van der Waals surface area contributed by atoms with Crippen molar-refractivity contribution in [2.45, 2.75) is 26.1 Å². The Morgan fingerprint density at radius 3 is 2.41 bits per heavy atom. The molecule has 1 N–H and O–H groups in total. The van der Waals surface area contributed by atoms with E-state index >= 15 is 0 Å². The number of hydrogen-bond acceptors (Lipinski definition) is 4. The third-order valence-electron chi connectivity index (χ3n) is 4.15. The lowest BCUT2D eigenvalue weighted by molar-refractivity contribution is 0.0604. The van der Waals surface area contributed by atoms with Gasteiger partial charge in [-0.1, -0.05) is 30.3 Å². The zero-order valence-corrected chi connectivity index (χ0v) is 15.3. The molecule has 142 valence electrons. The molecule has 0 aliphatic rings. The molecule has 0 aliphatic carbocycles. The minimum Gasteiger partial charge on any atom is -0.491 e. The smallest absolute Gasteiger partial charge is 0.123 e. The minimum atomic E-state index is -0.665. The molecule has 0 saturated heterocycles. The Labute approximate surface area is 158 Å². The summed E-state index contributed by atoms with van der Waals surface area (Å²) in [6.07, 6.45) is -0.665. The highest BCUT2D eigenvalue weighted by Gasteiger charge is 2.15. The van der Waals surface area contributed by atoms with Crippen molar-refractivity contribution in [2.75, 3.05) is 13.2 Å². The van der Waals surface area contributed by atoms with Crippen LogP contribution < -0.4 is 4.74 Å². The number of hydrogen-bond donors (Lipinski definition) is 1. The fraction of sp³-hybridized carbons (Fsp3) is 0.273. The van der Waals surface area contributed by atoms with Crippen molar-refractivity contribution >= 4 is 0 Å². The van der Waals surface area contributed by atoms with Crippen LogP contribution in [-0.2, 0) is 13.1 Å². The Balaban J connectivity index is 1.61. The van der Waals surface area contributed by atoms with Crippen molar-refractivity contribution < 1.29 is 18.7 Å². The monoisotopic (exact) mass is 369 g/mol. The highest BCUT2D eigenvalue weighted by molar-refractivity contribution is 5.21. The average molecular weight is 369 g/mol. The molecule has 0 amide bonds. The van der Waals surface area contributed by atoms with Crippen molar-refractivity contribution in [3.8, 4) is 5.75 Å². The van der Waals surface area contributed by atoms with Gasteiger partial charge in [-0.05, 0) is 48.9 Å². The first-order valence-electron chi connectivity index (χ1n) is 8.96. The van der Waals surface area contributed by atoms with Gasteiger partial charge >= 0.3 is 0 Å². The molecule has 0 fully saturated rings. The predicted octanol–water partition coefficient (Wildman–Crippen LogP) is 4.17. The highest BCUT2D eigenvalue weighted by Crippen LogP contribution is 2.15. The van der Waals surface area contributed by atoms with Gasteiger partial charge in [-0.25, -0.2) is 4.39 Å². The van der Waals surface area contributed by atoms with Gasteiger partial charge in [-0.3, -0.25) is 4.90 Å². The summed E-state index contributed by atoms with van der Waals surface area (Å²) in [6.45, 7) is 3.62. The van der Waals surface area contributed by atoms with E-state index in [1.807, 2.05) is 49.4 Å². The molecule has 3 rings (SSSR count). The summed E-state index contributed by atoms with van der Waals surface area (Å²) in [5.41, 5.74) is 0.968. The molecular weight excluding hydrogens is 345 g/mol. The topological polar surface area (TPSA) is 45.8 Å². The Hall–Kier alpha value is -2.63. The number of furan rings is 1. The van der Waals surface area contributed by atoms with Gasteiger partial charge < -0.3 is 14.3 Å². The third kappa shape index (κ3) is 6.24. The lowest BCUT2D eigenvalue weighted by atomic mass is 10.2.